The van der Waals surface area contributed by atoms with Gasteiger partial charge in [-0.25, -0.2) is 0 Å². The van der Waals surface area contributed by atoms with Gasteiger partial charge in [0.1, 0.15) is 5.75 Å². The second-order valence-electron chi connectivity index (χ2n) is 7.06. The average molecular weight is 404 g/mol. The third-order valence-corrected chi connectivity index (χ3v) is 4.88. The number of hydrogen-bond acceptors (Lipinski definition) is 6. The van der Waals surface area contributed by atoms with Crippen LogP contribution in [0.1, 0.15) is 5.56 Å². The van der Waals surface area contributed by atoms with Crippen molar-refractivity contribution in [1.29, 1.82) is 0 Å². The van der Waals surface area contributed by atoms with Crippen LogP contribution in [0.25, 0.3) is 11.3 Å². The second-order valence-corrected chi connectivity index (χ2v) is 7.06. The molecule has 0 unspecified atom stereocenters. The molecule has 0 radical (unpaired) electrons. The molecule has 1 aliphatic rings. The van der Waals surface area contributed by atoms with Crippen molar-refractivity contribution >= 4 is 17.4 Å². The lowest BCUT2D eigenvalue weighted by Crippen LogP contribution is -2.36. The number of aromatic nitrogens is 2. The van der Waals surface area contributed by atoms with E-state index in [-0.39, 0.29) is 12.5 Å². The molecule has 7 nitrogen and oxygen atoms in total. The topological polar surface area (TPSA) is 76.6 Å². The van der Waals surface area contributed by atoms with Gasteiger partial charge in [-0.3, -0.25) is 4.79 Å². The highest BCUT2D eigenvalue weighted by atomic mass is 16.5. The molecule has 1 N–H and O–H groups in total. The molecular formula is C23H24N4O3. The fourth-order valence-electron chi connectivity index (χ4n) is 3.26. The first-order valence-electron chi connectivity index (χ1n) is 9.94. The molecule has 2 aromatic carbocycles. The van der Waals surface area contributed by atoms with Crippen LogP contribution in [-0.2, 0) is 9.53 Å². The number of nitrogens with zero attached hydrogens (tertiary/aromatic N) is 3. The first kappa shape index (κ1) is 19.8. The minimum atomic E-state index is -0.218. The summed E-state index contributed by atoms with van der Waals surface area (Å²) in [6.07, 6.45) is 0. The normalized spacial score (nSPS) is 13.7. The average Bonchev–Trinajstić information content (AvgIpc) is 2.79. The van der Waals surface area contributed by atoms with Gasteiger partial charge < -0.3 is 19.7 Å². The molecule has 0 saturated carbocycles. The summed E-state index contributed by atoms with van der Waals surface area (Å²) in [6, 6.07) is 19.1. The minimum Gasteiger partial charge on any atom is -0.483 e. The van der Waals surface area contributed by atoms with Gasteiger partial charge in [0.05, 0.1) is 18.9 Å². The highest BCUT2D eigenvalue weighted by Crippen LogP contribution is 2.22. The Morgan fingerprint density at radius 3 is 2.67 bits per heavy atom. The molecule has 1 amide bonds. The summed E-state index contributed by atoms with van der Waals surface area (Å²) in [5.74, 6) is 1.33. The number of carbonyl (C=O) groups excluding carboxylic acids is 1. The zero-order valence-electron chi connectivity index (χ0n) is 16.9. The number of ether oxygens (including phenoxy) is 2. The quantitative estimate of drug-likeness (QED) is 0.679. The molecule has 1 saturated heterocycles. The third-order valence-electron chi connectivity index (χ3n) is 4.88. The molecule has 0 bridgehead atoms. The van der Waals surface area contributed by atoms with E-state index in [1.807, 2.05) is 67.6 Å². The zero-order valence-corrected chi connectivity index (χ0v) is 16.9. The number of aryl methyl sites for hydroxylation is 1. The summed E-state index contributed by atoms with van der Waals surface area (Å²) in [5.41, 5.74) is 3.31. The largest absolute Gasteiger partial charge is 0.483 e. The van der Waals surface area contributed by atoms with Crippen LogP contribution < -0.4 is 15.0 Å². The van der Waals surface area contributed by atoms with E-state index in [0.717, 1.165) is 35.7 Å². The van der Waals surface area contributed by atoms with Crippen LogP contribution in [0, 0.1) is 6.92 Å². The zero-order chi connectivity index (χ0) is 20.8. The number of anilines is 2. The maximum Gasteiger partial charge on any atom is 0.262 e. The Hall–Kier alpha value is -3.45. The van der Waals surface area contributed by atoms with Gasteiger partial charge in [0.2, 0.25) is 0 Å². The maximum absolute atomic E-state index is 12.3. The smallest absolute Gasteiger partial charge is 0.262 e. The van der Waals surface area contributed by atoms with E-state index >= 15 is 0 Å². The Labute approximate surface area is 175 Å². The molecule has 0 spiro atoms. The van der Waals surface area contributed by atoms with Crippen LogP contribution in [0.4, 0.5) is 11.5 Å². The van der Waals surface area contributed by atoms with E-state index in [2.05, 4.69) is 20.4 Å². The third kappa shape index (κ3) is 4.93. The number of para-hydroxylation sites is 1. The number of carbonyl (C=O) groups is 1. The lowest BCUT2D eigenvalue weighted by molar-refractivity contribution is -0.118. The van der Waals surface area contributed by atoms with Crippen molar-refractivity contribution in [3.05, 3.63) is 66.2 Å². The predicted octanol–water partition coefficient (Wildman–Crippen LogP) is 3.31. The highest BCUT2D eigenvalue weighted by Gasteiger charge is 2.13. The Kier molecular flexibility index (Phi) is 6.20. The summed E-state index contributed by atoms with van der Waals surface area (Å²) >= 11 is 0. The fourth-order valence-corrected chi connectivity index (χ4v) is 3.26. The molecular weight excluding hydrogens is 380 g/mol. The Morgan fingerprint density at radius 2 is 1.90 bits per heavy atom. The van der Waals surface area contributed by atoms with Gasteiger partial charge >= 0.3 is 0 Å². The summed E-state index contributed by atoms with van der Waals surface area (Å²) in [4.78, 5) is 14.4. The fraction of sp³-hybridized carbons (Fsp3) is 0.261. The summed E-state index contributed by atoms with van der Waals surface area (Å²) in [7, 11) is 0. The number of amides is 1. The molecule has 4 rings (SSSR count). The van der Waals surface area contributed by atoms with E-state index in [4.69, 9.17) is 9.47 Å². The van der Waals surface area contributed by atoms with Gasteiger partial charge in [-0.2, -0.15) is 0 Å². The van der Waals surface area contributed by atoms with Crippen LogP contribution in [0.3, 0.4) is 0 Å². The summed E-state index contributed by atoms with van der Waals surface area (Å²) in [5, 5.41) is 11.6. The predicted molar refractivity (Wildman–Crippen MR) is 116 cm³/mol. The standard InChI is InChI=1S/C23H24N4O3/c1-17-5-2-3-8-21(17)30-16-23(28)24-19-7-4-6-18(15-19)20-9-10-22(26-25-20)27-11-13-29-14-12-27/h2-10,15H,11-14,16H2,1H3,(H,24,28). The van der Waals surface area contributed by atoms with Crippen LogP contribution in [0.5, 0.6) is 5.75 Å². The minimum absolute atomic E-state index is 0.0524. The number of nitrogens with one attached hydrogen (secondary N) is 1. The van der Waals surface area contributed by atoms with E-state index in [9.17, 15) is 4.79 Å². The monoisotopic (exact) mass is 404 g/mol. The molecule has 154 valence electrons. The highest BCUT2D eigenvalue weighted by molar-refractivity contribution is 5.92. The SMILES string of the molecule is Cc1ccccc1OCC(=O)Nc1cccc(-c2ccc(N3CCOCC3)nn2)c1. The van der Waals surface area contributed by atoms with E-state index in [1.54, 1.807) is 0 Å². The van der Waals surface area contributed by atoms with Crippen LogP contribution in [0.15, 0.2) is 60.7 Å². The first-order valence-corrected chi connectivity index (χ1v) is 9.94. The molecule has 1 aromatic heterocycles. The van der Waals surface area contributed by atoms with Crippen molar-refractivity contribution in [1.82, 2.24) is 10.2 Å². The second kappa shape index (κ2) is 9.37. The molecule has 1 aliphatic heterocycles. The molecule has 30 heavy (non-hydrogen) atoms. The maximum atomic E-state index is 12.3. The van der Waals surface area contributed by atoms with Crippen molar-refractivity contribution in [3.8, 4) is 17.0 Å². The lowest BCUT2D eigenvalue weighted by atomic mass is 10.1. The molecule has 0 atom stereocenters. The number of rotatable bonds is 6. The van der Waals surface area contributed by atoms with E-state index in [0.29, 0.717) is 24.7 Å². The number of morpholine rings is 1. The van der Waals surface area contributed by atoms with E-state index in [1.165, 1.54) is 0 Å². The molecule has 2 heterocycles. The van der Waals surface area contributed by atoms with Crippen LogP contribution >= 0.6 is 0 Å². The summed E-state index contributed by atoms with van der Waals surface area (Å²) < 4.78 is 11.0. The lowest BCUT2D eigenvalue weighted by Gasteiger charge is -2.27. The summed E-state index contributed by atoms with van der Waals surface area (Å²) in [6.45, 7) is 4.95. The van der Waals surface area contributed by atoms with Gasteiger partial charge in [0, 0.05) is 24.3 Å². The molecule has 1 fully saturated rings. The van der Waals surface area contributed by atoms with Gasteiger partial charge in [-0.05, 0) is 42.8 Å². The first-order chi connectivity index (χ1) is 14.7. The van der Waals surface area contributed by atoms with Crippen molar-refractivity contribution in [3.63, 3.8) is 0 Å². The van der Waals surface area contributed by atoms with E-state index < -0.39 is 0 Å². The van der Waals surface area contributed by atoms with Crippen molar-refractivity contribution in [2.45, 2.75) is 6.92 Å². The number of hydrogen-bond donors (Lipinski definition) is 1. The number of benzene rings is 2. The van der Waals surface area contributed by atoms with Crippen LogP contribution in [0.2, 0.25) is 0 Å². The van der Waals surface area contributed by atoms with Gasteiger partial charge in [0.15, 0.2) is 12.4 Å². The Morgan fingerprint density at radius 1 is 1.07 bits per heavy atom. The van der Waals surface area contributed by atoms with Crippen LogP contribution in [-0.4, -0.2) is 49.0 Å². The van der Waals surface area contributed by atoms with Gasteiger partial charge in [0.25, 0.3) is 5.91 Å². The molecule has 7 heteroatoms. The Balaban J connectivity index is 1.38. The van der Waals surface area contributed by atoms with Gasteiger partial charge in [-0.1, -0.05) is 30.3 Å². The van der Waals surface area contributed by atoms with Crippen molar-refractivity contribution in [2.75, 3.05) is 43.1 Å². The van der Waals surface area contributed by atoms with Crippen molar-refractivity contribution < 1.29 is 14.3 Å². The molecule has 0 aliphatic carbocycles. The van der Waals surface area contributed by atoms with Gasteiger partial charge in [-0.15, -0.1) is 10.2 Å². The molecule has 3 aromatic rings. The Bertz CT molecular complexity index is 1000. The van der Waals surface area contributed by atoms with Crippen molar-refractivity contribution in [2.24, 2.45) is 0 Å².